The van der Waals surface area contributed by atoms with Crippen molar-refractivity contribution in [2.24, 2.45) is 0 Å². The minimum absolute atomic E-state index is 0.0168. The van der Waals surface area contributed by atoms with Gasteiger partial charge in [0, 0.05) is 19.0 Å². The Morgan fingerprint density at radius 1 is 0.870 bits per heavy atom. The molecule has 2 amide bonds. The number of nitriles is 1. The molecule has 5 rings (SSSR count). The van der Waals surface area contributed by atoms with Crippen molar-refractivity contribution in [1.82, 2.24) is 14.9 Å². The molecule has 4 aromatic carbocycles. The number of sulfonamides is 1. The minimum Gasteiger partial charge on any atom is -0.480 e. The van der Waals surface area contributed by atoms with Crippen LogP contribution in [0.5, 0.6) is 0 Å². The summed E-state index contributed by atoms with van der Waals surface area (Å²) in [7, 11) is -4.16. The Labute approximate surface area is 267 Å². The van der Waals surface area contributed by atoms with Gasteiger partial charge < -0.3 is 15.7 Å². The summed E-state index contributed by atoms with van der Waals surface area (Å²) >= 11 is 0. The van der Waals surface area contributed by atoms with Crippen LogP contribution in [-0.2, 0) is 37.2 Å². The van der Waals surface area contributed by atoms with Gasteiger partial charge in [-0.2, -0.15) is 9.57 Å². The molecule has 0 aromatic heterocycles. The molecule has 0 aliphatic carbocycles. The number of nitrogens with one attached hydrogen (secondary N) is 2. The van der Waals surface area contributed by atoms with Crippen molar-refractivity contribution in [3.05, 3.63) is 126 Å². The lowest BCUT2D eigenvalue weighted by atomic mass is 9.97. The molecule has 0 bridgehead atoms. The normalized spacial score (nSPS) is 17.0. The number of amides is 2. The van der Waals surface area contributed by atoms with E-state index in [0.717, 1.165) is 21.0 Å². The number of carboxylic acids is 1. The lowest BCUT2D eigenvalue weighted by Crippen LogP contribution is -2.51. The Balaban J connectivity index is 1.33. The van der Waals surface area contributed by atoms with Gasteiger partial charge in [0.05, 0.1) is 22.9 Å². The average Bonchev–Trinajstić information content (AvgIpc) is 3.50. The molecule has 4 aromatic rings. The third kappa shape index (κ3) is 7.48. The summed E-state index contributed by atoms with van der Waals surface area (Å²) in [6.07, 6.45) is -0.00395. The highest BCUT2D eigenvalue weighted by Crippen LogP contribution is 2.28. The zero-order valence-electron chi connectivity index (χ0n) is 24.7. The van der Waals surface area contributed by atoms with Gasteiger partial charge in [-0.05, 0) is 46.9 Å². The van der Waals surface area contributed by atoms with Gasteiger partial charge in [0.1, 0.15) is 12.1 Å². The van der Waals surface area contributed by atoms with Crippen LogP contribution in [0.3, 0.4) is 0 Å². The van der Waals surface area contributed by atoms with E-state index in [0.29, 0.717) is 11.1 Å². The predicted octanol–water partition coefficient (Wildman–Crippen LogP) is 3.53. The first-order valence-corrected chi connectivity index (χ1v) is 16.1. The van der Waals surface area contributed by atoms with E-state index in [1.807, 2.05) is 42.5 Å². The van der Waals surface area contributed by atoms with Crippen LogP contribution in [0.1, 0.15) is 23.1 Å². The summed E-state index contributed by atoms with van der Waals surface area (Å²) in [6, 6.07) is 29.8. The molecule has 1 heterocycles. The van der Waals surface area contributed by atoms with E-state index in [9.17, 15) is 33.2 Å². The SMILES string of the molecule is N#Cc1ccccc1-c1ccc(CC(NC(=O)C2C[C@@H](NC(=O)Cc3ccccc3)CN2S(=O)(=O)c2ccccc2)C(=O)O)cc1. The highest BCUT2D eigenvalue weighted by molar-refractivity contribution is 7.89. The zero-order valence-corrected chi connectivity index (χ0v) is 25.6. The summed E-state index contributed by atoms with van der Waals surface area (Å²) < 4.78 is 28.4. The fourth-order valence-electron chi connectivity index (χ4n) is 5.56. The highest BCUT2D eigenvalue weighted by Gasteiger charge is 2.45. The summed E-state index contributed by atoms with van der Waals surface area (Å²) in [4.78, 5) is 38.7. The third-order valence-corrected chi connectivity index (χ3v) is 9.74. The van der Waals surface area contributed by atoms with Crippen molar-refractivity contribution in [3.63, 3.8) is 0 Å². The van der Waals surface area contributed by atoms with Crippen LogP contribution in [0.15, 0.2) is 114 Å². The molecule has 234 valence electrons. The lowest BCUT2D eigenvalue weighted by Gasteiger charge is -2.25. The molecule has 0 radical (unpaired) electrons. The van der Waals surface area contributed by atoms with Gasteiger partial charge >= 0.3 is 5.97 Å². The fourth-order valence-corrected chi connectivity index (χ4v) is 7.22. The maximum Gasteiger partial charge on any atom is 0.326 e. The molecule has 3 N–H and O–H groups in total. The number of hydrogen-bond donors (Lipinski definition) is 3. The van der Waals surface area contributed by atoms with Crippen LogP contribution in [0.2, 0.25) is 0 Å². The van der Waals surface area contributed by atoms with Crippen LogP contribution in [-0.4, -0.2) is 60.3 Å². The van der Waals surface area contributed by atoms with E-state index < -0.39 is 40.0 Å². The summed E-state index contributed by atoms with van der Waals surface area (Å²) in [5, 5.41) is 24.8. The molecule has 0 spiro atoms. The Bertz CT molecular complexity index is 1860. The third-order valence-electron chi connectivity index (χ3n) is 7.85. The van der Waals surface area contributed by atoms with Gasteiger partial charge in [-0.3, -0.25) is 9.59 Å². The molecule has 10 nitrogen and oxygen atoms in total. The van der Waals surface area contributed by atoms with E-state index in [4.69, 9.17) is 0 Å². The smallest absolute Gasteiger partial charge is 0.326 e. The second-order valence-electron chi connectivity index (χ2n) is 11.0. The van der Waals surface area contributed by atoms with Gasteiger partial charge in [-0.1, -0.05) is 91.0 Å². The van der Waals surface area contributed by atoms with Crippen LogP contribution >= 0.6 is 0 Å². The number of benzene rings is 4. The Morgan fingerprint density at radius 2 is 1.50 bits per heavy atom. The summed E-state index contributed by atoms with van der Waals surface area (Å²) in [5.74, 6) is -2.37. The number of nitrogens with zero attached hydrogens (tertiary/aromatic N) is 2. The maximum absolute atomic E-state index is 13.7. The summed E-state index contributed by atoms with van der Waals surface area (Å²) in [5.41, 5.74) is 3.44. The molecular weight excluding hydrogens is 604 g/mol. The molecule has 1 fully saturated rings. The quantitative estimate of drug-likeness (QED) is 0.227. The van der Waals surface area contributed by atoms with Crippen molar-refractivity contribution in [2.45, 2.75) is 42.3 Å². The van der Waals surface area contributed by atoms with Gasteiger partial charge in [-0.15, -0.1) is 0 Å². The number of carboxylic acid groups (broad SMARTS) is 1. The number of carbonyl (C=O) groups is 3. The molecule has 3 atom stereocenters. The number of aliphatic carboxylic acids is 1. The molecule has 1 aliphatic heterocycles. The van der Waals surface area contributed by atoms with Crippen LogP contribution in [0, 0.1) is 11.3 Å². The molecule has 2 unspecified atom stereocenters. The molecule has 0 saturated carbocycles. The monoisotopic (exact) mass is 636 g/mol. The molecular formula is C35H32N4O6S. The Kier molecular flexibility index (Phi) is 9.91. The van der Waals surface area contributed by atoms with E-state index >= 15 is 0 Å². The average molecular weight is 637 g/mol. The van der Waals surface area contributed by atoms with Crippen molar-refractivity contribution < 1.29 is 27.9 Å². The van der Waals surface area contributed by atoms with E-state index in [2.05, 4.69) is 16.7 Å². The maximum atomic E-state index is 13.7. The van der Waals surface area contributed by atoms with Crippen LogP contribution in [0.25, 0.3) is 11.1 Å². The molecule has 46 heavy (non-hydrogen) atoms. The predicted molar refractivity (Wildman–Crippen MR) is 171 cm³/mol. The van der Waals surface area contributed by atoms with E-state index in [1.165, 1.54) is 12.1 Å². The standard InChI is InChI=1S/C35H32N4O6S/c36-22-27-11-7-8-14-30(27)26-17-15-25(16-18-26)19-31(35(42)43)38-34(41)32-21-28(37-33(40)20-24-9-3-1-4-10-24)23-39(32)46(44,45)29-12-5-2-6-13-29/h1-18,28,31-32H,19-21,23H2,(H,37,40)(H,38,41)(H,42,43)/t28-,31?,32?/m1/s1. The van der Waals surface area contributed by atoms with Crippen molar-refractivity contribution in [1.29, 1.82) is 5.26 Å². The highest BCUT2D eigenvalue weighted by atomic mass is 32.2. The van der Waals surface area contributed by atoms with Crippen LogP contribution in [0.4, 0.5) is 0 Å². The summed E-state index contributed by atoms with van der Waals surface area (Å²) in [6.45, 7) is -0.154. The fraction of sp³-hybridized carbons (Fsp3) is 0.200. The van der Waals surface area contributed by atoms with E-state index in [-0.39, 0.29) is 36.6 Å². The van der Waals surface area contributed by atoms with Crippen molar-refractivity contribution in [3.8, 4) is 17.2 Å². The van der Waals surface area contributed by atoms with E-state index in [1.54, 1.807) is 54.6 Å². The lowest BCUT2D eigenvalue weighted by molar-refractivity contribution is -0.142. The second kappa shape index (κ2) is 14.2. The number of rotatable bonds is 11. The van der Waals surface area contributed by atoms with Crippen molar-refractivity contribution >= 4 is 27.8 Å². The second-order valence-corrected chi connectivity index (χ2v) is 12.9. The van der Waals surface area contributed by atoms with Gasteiger partial charge in [0.2, 0.25) is 21.8 Å². The first-order chi connectivity index (χ1) is 22.2. The Morgan fingerprint density at radius 3 is 2.15 bits per heavy atom. The number of carbonyl (C=O) groups excluding carboxylic acids is 2. The zero-order chi connectivity index (χ0) is 32.7. The molecule has 1 aliphatic rings. The van der Waals surface area contributed by atoms with Crippen LogP contribution < -0.4 is 10.6 Å². The van der Waals surface area contributed by atoms with Gasteiger partial charge in [-0.25, -0.2) is 13.2 Å². The first kappa shape index (κ1) is 32.1. The van der Waals surface area contributed by atoms with Gasteiger partial charge in [0.15, 0.2) is 0 Å². The Hall–Kier alpha value is -5.31. The first-order valence-electron chi connectivity index (χ1n) is 14.7. The largest absolute Gasteiger partial charge is 0.480 e. The topological polar surface area (TPSA) is 157 Å². The molecule has 1 saturated heterocycles. The number of hydrogen-bond acceptors (Lipinski definition) is 6. The van der Waals surface area contributed by atoms with Crippen molar-refractivity contribution in [2.75, 3.05) is 6.54 Å². The minimum atomic E-state index is -4.16. The molecule has 11 heteroatoms. The van der Waals surface area contributed by atoms with Gasteiger partial charge in [0.25, 0.3) is 0 Å².